The van der Waals surface area contributed by atoms with E-state index in [-0.39, 0.29) is 17.9 Å². The van der Waals surface area contributed by atoms with Crippen LogP contribution in [0.3, 0.4) is 0 Å². The van der Waals surface area contributed by atoms with Crippen LogP contribution in [0.4, 0.5) is 0 Å². The van der Waals surface area contributed by atoms with Crippen molar-refractivity contribution >= 4 is 17.8 Å². The normalized spacial score (nSPS) is 18.6. The molecule has 1 aliphatic heterocycles. The summed E-state index contributed by atoms with van der Waals surface area (Å²) in [6, 6.07) is 9.69. The second-order valence-electron chi connectivity index (χ2n) is 9.78. The van der Waals surface area contributed by atoms with Crippen molar-refractivity contribution in [2.45, 2.75) is 70.4 Å². The zero-order chi connectivity index (χ0) is 26.6. The number of hydrogen-bond donors (Lipinski definition) is 4. The van der Waals surface area contributed by atoms with Crippen LogP contribution in [0, 0.1) is 5.92 Å². The Hall–Kier alpha value is -2.97. The van der Waals surface area contributed by atoms with Gasteiger partial charge in [-0.05, 0) is 51.5 Å². The third-order valence-electron chi connectivity index (χ3n) is 6.80. The fraction of sp³-hybridized carbons (Fsp3) is 0.536. The first-order chi connectivity index (χ1) is 17.1. The van der Waals surface area contributed by atoms with Gasteiger partial charge >= 0.3 is 11.9 Å². The molecule has 1 atom stereocenters. The summed E-state index contributed by atoms with van der Waals surface area (Å²) in [5.74, 6) is -2.70. The van der Waals surface area contributed by atoms with E-state index in [1.165, 1.54) is 5.57 Å². The molecule has 1 heterocycles. The maximum absolute atomic E-state index is 13.3. The summed E-state index contributed by atoms with van der Waals surface area (Å²) >= 11 is 0. The van der Waals surface area contributed by atoms with Crippen molar-refractivity contribution in [3.8, 4) is 0 Å². The van der Waals surface area contributed by atoms with E-state index in [9.17, 15) is 19.5 Å². The Morgan fingerprint density at radius 2 is 1.53 bits per heavy atom. The molecule has 0 spiro atoms. The third kappa shape index (κ3) is 9.24. The minimum atomic E-state index is -1.40. The molecule has 8 nitrogen and oxygen atoms in total. The van der Waals surface area contributed by atoms with Crippen molar-refractivity contribution in [3.63, 3.8) is 0 Å². The average molecular weight is 501 g/mol. The van der Waals surface area contributed by atoms with Crippen LogP contribution < -0.4 is 5.32 Å². The lowest BCUT2D eigenvalue weighted by molar-refractivity contribution is -0.148. The Balaban J connectivity index is 0.000000493. The van der Waals surface area contributed by atoms with Gasteiger partial charge in [-0.3, -0.25) is 4.79 Å². The second kappa shape index (κ2) is 14.6. The first-order valence-electron chi connectivity index (χ1n) is 12.7. The summed E-state index contributed by atoms with van der Waals surface area (Å²) in [6.45, 7) is 7.38. The molecule has 0 aromatic heterocycles. The van der Waals surface area contributed by atoms with Crippen LogP contribution >= 0.6 is 0 Å². The number of allylic oxidation sites excluding steroid dienone is 1. The van der Waals surface area contributed by atoms with Gasteiger partial charge in [0.25, 0.3) is 5.91 Å². The summed E-state index contributed by atoms with van der Waals surface area (Å²) in [5, 5.41) is 30.4. The Labute approximate surface area is 213 Å². The van der Waals surface area contributed by atoms with Crippen LogP contribution in [0.2, 0.25) is 0 Å². The minimum absolute atomic E-state index is 0.0130. The molecule has 198 valence electrons. The van der Waals surface area contributed by atoms with Crippen molar-refractivity contribution < 1.29 is 29.7 Å². The number of benzene rings is 1. The largest absolute Gasteiger partial charge is 0.478 e. The summed E-state index contributed by atoms with van der Waals surface area (Å²) in [4.78, 5) is 34.8. The van der Waals surface area contributed by atoms with Crippen molar-refractivity contribution in [1.29, 1.82) is 0 Å². The predicted octanol–water partition coefficient (Wildman–Crippen LogP) is 3.71. The Morgan fingerprint density at radius 1 is 0.972 bits per heavy atom. The molecule has 2 aliphatic rings. The van der Waals surface area contributed by atoms with Crippen molar-refractivity contribution in [2.24, 2.45) is 5.92 Å². The van der Waals surface area contributed by atoms with Gasteiger partial charge in [0.2, 0.25) is 0 Å². The molecule has 1 aromatic rings. The number of nitrogens with zero attached hydrogens (tertiary/aromatic N) is 1. The number of aliphatic hydroxyl groups is 1. The standard InChI is InChI=1S/C24H36N2O2.C4H4O4/c1-19(2)9-8-16-26-17-14-22(15-18-26)25-23(27)24(28,21-12-6-7-13-21)20-10-4-3-5-11-20;5-3(6)1-2-4(7)8/h3-5,9-11,21-22,28H,6-8,12-18H2,1-2H3,(H,25,27);1-2H,(H,5,6)(H,7,8)/b;2-1+/t24-;/m0./s1. The maximum atomic E-state index is 13.3. The van der Waals surface area contributed by atoms with E-state index in [1.807, 2.05) is 30.3 Å². The third-order valence-corrected chi connectivity index (χ3v) is 6.80. The molecule has 1 saturated heterocycles. The molecule has 1 aromatic carbocycles. The lowest BCUT2D eigenvalue weighted by Gasteiger charge is -2.37. The number of likely N-dealkylation sites (tertiary alicyclic amines) is 1. The average Bonchev–Trinajstić information content (AvgIpc) is 3.40. The van der Waals surface area contributed by atoms with Gasteiger partial charge in [-0.1, -0.05) is 54.8 Å². The number of carbonyl (C=O) groups is 3. The van der Waals surface area contributed by atoms with Crippen LogP contribution in [0.5, 0.6) is 0 Å². The monoisotopic (exact) mass is 500 g/mol. The molecular weight excluding hydrogens is 460 g/mol. The Kier molecular flexibility index (Phi) is 11.8. The minimum Gasteiger partial charge on any atom is -0.478 e. The number of rotatable bonds is 9. The lowest BCUT2D eigenvalue weighted by Crippen LogP contribution is -2.54. The molecule has 1 amide bonds. The Morgan fingerprint density at radius 3 is 2.03 bits per heavy atom. The van der Waals surface area contributed by atoms with E-state index in [1.54, 1.807) is 0 Å². The van der Waals surface area contributed by atoms with Gasteiger partial charge in [0, 0.05) is 43.7 Å². The number of amides is 1. The van der Waals surface area contributed by atoms with Gasteiger partial charge in [0.05, 0.1) is 0 Å². The van der Waals surface area contributed by atoms with Crippen LogP contribution in [-0.2, 0) is 20.0 Å². The summed E-state index contributed by atoms with van der Waals surface area (Å²) in [5.41, 5.74) is 0.700. The van der Waals surface area contributed by atoms with Gasteiger partial charge < -0.3 is 25.5 Å². The molecule has 0 bridgehead atoms. The van der Waals surface area contributed by atoms with Crippen LogP contribution in [0.25, 0.3) is 0 Å². The van der Waals surface area contributed by atoms with E-state index in [2.05, 4.69) is 30.1 Å². The highest BCUT2D eigenvalue weighted by Gasteiger charge is 2.46. The molecule has 0 unspecified atom stereocenters. The number of piperidine rings is 1. The molecule has 2 fully saturated rings. The van der Waals surface area contributed by atoms with E-state index < -0.39 is 17.5 Å². The number of aliphatic carboxylic acids is 2. The van der Waals surface area contributed by atoms with E-state index >= 15 is 0 Å². The lowest BCUT2D eigenvalue weighted by atomic mass is 9.79. The topological polar surface area (TPSA) is 127 Å². The molecule has 1 saturated carbocycles. The van der Waals surface area contributed by atoms with E-state index in [0.29, 0.717) is 12.2 Å². The molecule has 0 radical (unpaired) electrons. The number of nitrogens with one attached hydrogen (secondary N) is 1. The first kappa shape index (κ1) is 29.3. The number of carboxylic acid groups (broad SMARTS) is 2. The molecule has 3 rings (SSSR count). The summed E-state index contributed by atoms with van der Waals surface area (Å²) in [6.07, 6.45) is 10.4. The van der Waals surface area contributed by atoms with Crippen LogP contribution in [0.1, 0.15) is 64.4 Å². The molecule has 36 heavy (non-hydrogen) atoms. The predicted molar refractivity (Wildman–Crippen MR) is 138 cm³/mol. The fourth-order valence-electron chi connectivity index (χ4n) is 4.86. The summed E-state index contributed by atoms with van der Waals surface area (Å²) < 4.78 is 0. The van der Waals surface area contributed by atoms with Gasteiger partial charge in [-0.15, -0.1) is 0 Å². The maximum Gasteiger partial charge on any atom is 0.328 e. The van der Waals surface area contributed by atoms with Crippen LogP contribution in [0.15, 0.2) is 54.1 Å². The molecule has 4 N–H and O–H groups in total. The Bertz CT molecular complexity index is 895. The highest BCUT2D eigenvalue weighted by molar-refractivity contribution is 5.89. The quantitative estimate of drug-likeness (QED) is 0.301. The smallest absolute Gasteiger partial charge is 0.328 e. The van der Waals surface area contributed by atoms with Gasteiger partial charge in [-0.25, -0.2) is 9.59 Å². The molecule has 1 aliphatic carbocycles. The second-order valence-corrected chi connectivity index (χ2v) is 9.78. The van der Waals surface area contributed by atoms with E-state index in [0.717, 1.165) is 70.1 Å². The number of hydrogen-bond acceptors (Lipinski definition) is 5. The van der Waals surface area contributed by atoms with Gasteiger partial charge in [0.1, 0.15) is 0 Å². The van der Waals surface area contributed by atoms with Crippen molar-refractivity contribution in [1.82, 2.24) is 10.2 Å². The van der Waals surface area contributed by atoms with Gasteiger partial charge in [-0.2, -0.15) is 0 Å². The fourth-order valence-corrected chi connectivity index (χ4v) is 4.86. The molecule has 8 heteroatoms. The summed E-state index contributed by atoms with van der Waals surface area (Å²) in [7, 11) is 0. The number of carbonyl (C=O) groups excluding carboxylic acids is 1. The van der Waals surface area contributed by atoms with Gasteiger partial charge in [0.15, 0.2) is 5.60 Å². The molecular formula is C28H40N2O6. The van der Waals surface area contributed by atoms with Crippen molar-refractivity contribution in [3.05, 3.63) is 59.7 Å². The zero-order valence-electron chi connectivity index (χ0n) is 21.4. The SMILES string of the molecule is CC(C)=CCCN1CCC(NC(=O)[C@](O)(c2ccccc2)C2CCCC2)CC1.O=C(O)/C=C/C(=O)O. The first-order valence-corrected chi connectivity index (χ1v) is 12.7. The van der Waals surface area contributed by atoms with E-state index in [4.69, 9.17) is 10.2 Å². The van der Waals surface area contributed by atoms with Crippen LogP contribution in [-0.4, -0.2) is 63.7 Å². The van der Waals surface area contributed by atoms with Crippen molar-refractivity contribution in [2.75, 3.05) is 19.6 Å². The highest BCUT2D eigenvalue weighted by atomic mass is 16.4. The highest BCUT2D eigenvalue weighted by Crippen LogP contribution is 2.41. The zero-order valence-corrected chi connectivity index (χ0v) is 21.4. The number of carboxylic acids is 2.